The standard InChI is InChI=1S/C40H27NS/c1-3-9-28(10-4-1)30-15-20-34(21-16-30)41(35-22-17-31(18-23-35)29-11-5-2-6-12-29)36-24-19-32-26-38-37-13-7-8-14-39(37)42-40(38)27-33(32)25-36/h1-27H. The summed E-state index contributed by atoms with van der Waals surface area (Å²) in [5, 5.41) is 5.18. The van der Waals surface area contributed by atoms with Crippen LogP contribution in [0, 0.1) is 0 Å². The van der Waals surface area contributed by atoms with E-state index >= 15 is 0 Å². The molecular formula is C40H27NS. The number of rotatable bonds is 5. The van der Waals surface area contributed by atoms with Gasteiger partial charge in [0.25, 0.3) is 0 Å². The van der Waals surface area contributed by atoms with E-state index in [1.54, 1.807) is 0 Å². The van der Waals surface area contributed by atoms with E-state index in [0.717, 1.165) is 17.1 Å². The third-order valence-corrected chi connectivity index (χ3v) is 9.18. The maximum absolute atomic E-state index is 2.36. The first-order valence-corrected chi connectivity index (χ1v) is 15.1. The molecule has 0 aliphatic heterocycles. The van der Waals surface area contributed by atoms with Crippen LogP contribution in [0.3, 0.4) is 0 Å². The molecule has 0 spiro atoms. The van der Waals surface area contributed by atoms with Crippen molar-refractivity contribution in [2.24, 2.45) is 0 Å². The van der Waals surface area contributed by atoms with E-state index < -0.39 is 0 Å². The Morgan fingerprint density at radius 3 is 1.48 bits per heavy atom. The first-order chi connectivity index (χ1) is 20.8. The number of thiophene rings is 1. The highest BCUT2D eigenvalue weighted by atomic mass is 32.1. The third kappa shape index (κ3) is 4.43. The monoisotopic (exact) mass is 553 g/mol. The number of benzene rings is 7. The molecule has 0 amide bonds. The van der Waals surface area contributed by atoms with Crippen molar-refractivity contribution in [1.82, 2.24) is 0 Å². The molecule has 0 aliphatic carbocycles. The van der Waals surface area contributed by atoms with Gasteiger partial charge in [-0.15, -0.1) is 11.3 Å². The highest BCUT2D eigenvalue weighted by molar-refractivity contribution is 7.25. The molecule has 1 heterocycles. The van der Waals surface area contributed by atoms with Crippen LogP contribution in [-0.4, -0.2) is 0 Å². The zero-order valence-electron chi connectivity index (χ0n) is 22.9. The number of hydrogen-bond acceptors (Lipinski definition) is 2. The quantitative estimate of drug-likeness (QED) is 0.205. The number of nitrogens with zero attached hydrogens (tertiary/aromatic N) is 1. The summed E-state index contributed by atoms with van der Waals surface area (Å²) < 4.78 is 2.66. The van der Waals surface area contributed by atoms with Crippen molar-refractivity contribution < 1.29 is 0 Å². The minimum atomic E-state index is 1.13. The third-order valence-electron chi connectivity index (χ3n) is 8.04. The average molecular weight is 554 g/mol. The van der Waals surface area contributed by atoms with Gasteiger partial charge in [-0.3, -0.25) is 0 Å². The summed E-state index contributed by atoms with van der Waals surface area (Å²) in [6.45, 7) is 0. The summed E-state index contributed by atoms with van der Waals surface area (Å²) in [5.41, 5.74) is 8.27. The Morgan fingerprint density at radius 1 is 0.333 bits per heavy atom. The van der Waals surface area contributed by atoms with Crippen molar-refractivity contribution in [3.63, 3.8) is 0 Å². The molecule has 42 heavy (non-hydrogen) atoms. The Morgan fingerprint density at radius 2 is 0.857 bits per heavy atom. The molecule has 0 N–H and O–H groups in total. The zero-order valence-corrected chi connectivity index (χ0v) is 23.8. The molecule has 0 saturated carbocycles. The molecule has 2 heteroatoms. The summed E-state index contributed by atoms with van der Waals surface area (Å²) >= 11 is 1.87. The molecule has 8 aromatic rings. The van der Waals surface area contributed by atoms with Crippen molar-refractivity contribution in [2.75, 3.05) is 4.90 Å². The molecule has 0 atom stereocenters. The van der Waals surface area contributed by atoms with Crippen LogP contribution >= 0.6 is 11.3 Å². The van der Waals surface area contributed by atoms with Crippen LogP contribution in [0.15, 0.2) is 164 Å². The van der Waals surface area contributed by atoms with Crippen molar-refractivity contribution >= 4 is 59.3 Å². The Labute approximate surface area is 249 Å². The molecule has 1 nitrogen and oxygen atoms in total. The minimum absolute atomic E-state index is 1.13. The zero-order chi connectivity index (χ0) is 27.9. The fourth-order valence-corrected chi connectivity index (χ4v) is 7.05. The van der Waals surface area contributed by atoms with Gasteiger partial charge in [-0.25, -0.2) is 0 Å². The maximum atomic E-state index is 2.36. The van der Waals surface area contributed by atoms with Gasteiger partial charge < -0.3 is 4.90 Å². The van der Waals surface area contributed by atoms with E-state index in [-0.39, 0.29) is 0 Å². The van der Waals surface area contributed by atoms with Crippen LogP contribution in [0.2, 0.25) is 0 Å². The normalized spacial score (nSPS) is 11.3. The SMILES string of the molecule is c1ccc(-c2ccc(N(c3ccc(-c4ccccc4)cc3)c3ccc4cc5c(cc4c3)sc3ccccc35)cc2)cc1. The number of hydrogen-bond donors (Lipinski definition) is 0. The Balaban J connectivity index is 1.25. The molecule has 8 rings (SSSR count). The lowest BCUT2D eigenvalue weighted by Gasteiger charge is -2.26. The Bertz CT molecular complexity index is 2080. The van der Waals surface area contributed by atoms with Crippen LogP contribution in [0.1, 0.15) is 0 Å². The molecule has 0 aliphatic rings. The van der Waals surface area contributed by atoms with Crippen LogP contribution in [0.25, 0.3) is 53.2 Å². The largest absolute Gasteiger partial charge is 0.310 e. The van der Waals surface area contributed by atoms with Crippen molar-refractivity contribution in [2.45, 2.75) is 0 Å². The molecular weight excluding hydrogens is 527 g/mol. The fourth-order valence-electron chi connectivity index (χ4n) is 5.91. The molecule has 198 valence electrons. The number of fused-ring (bicyclic) bond motifs is 4. The highest BCUT2D eigenvalue weighted by Gasteiger charge is 2.15. The second-order valence-electron chi connectivity index (χ2n) is 10.6. The lowest BCUT2D eigenvalue weighted by molar-refractivity contribution is 1.29. The minimum Gasteiger partial charge on any atom is -0.310 e. The van der Waals surface area contributed by atoms with Gasteiger partial charge in [0.1, 0.15) is 0 Å². The summed E-state index contributed by atoms with van der Waals surface area (Å²) in [4.78, 5) is 2.36. The van der Waals surface area contributed by atoms with Gasteiger partial charge >= 0.3 is 0 Å². The average Bonchev–Trinajstić information content (AvgIpc) is 3.42. The first kappa shape index (κ1) is 24.6. The van der Waals surface area contributed by atoms with Gasteiger partial charge in [-0.1, -0.05) is 109 Å². The summed E-state index contributed by atoms with van der Waals surface area (Å²) in [5.74, 6) is 0. The van der Waals surface area contributed by atoms with E-state index in [1.165, 1.54) is 53.2 Å². The second-order valence-corrected chi connectivity index (χ2v) is 11.7. The first-order valence-electron chi connectivity index (χ1n) is 14.3. The lowest BCUT2D eigenvalue weighted by Crippen LogP contribution is -2.09. The molecule has 0 bridgehead atoms. The maximum Gasteiger partial charge on any atom is 0.0468 e. The van der Waals surface area contributed by atoms with Gasteiger partial charge in [0.2, 0.25) is 0 Å². The van der Waals surface area contributed by atoms with Gasteiger partial charge in [0.15, 0.2) is 0 Å². The van der Waals surface area contributed by atoms with E-state index in [4.69, 9.17) is 0 Å². The van der Waals surface area contributed by atoms with Crippen molar-refractivity contribution in [1.29, 1.82) is 0 Å². The van der Waals surface area contributed by atoms with Gasteiger partial charge in [-0.2, -0.15) is 0 Å². The second kappa shape index (κ2) is 10.3. The highest BCUT2D eigenvalue weighted by Crippen LogP contribution is 2.40. The van der Waals surface area contributed by atoms with Crippen molar-refractivity contribution in [3.8, 4) is 22.3 Å². The predicted octanol–water partition coefficient (Wildman–Crippen LogP) is 12.0. The Hall–Kier alpha value is -5.18. The molecule has 0 saturated heterocycles. The van der Waals surface area contributed by atoms with Crippen LogP contribution in [0.4, 0.5) is 17.1 Å². The van der Waals surface area contributed by atoms with Gasteiger partial charge in [0.05, 0.1) is 0 Å². The Kier molecular flexibility index (Phi) is 6.05. The van der Waals surface area contributed by atoms with E-state index in [9.17, 15) is 0 Å². The van der Waals surface area contributed by atoms with Crippen LogP contribution < -0.4 is 4.90 Å². The van der Waals surface area contributed by atoms with E-state index in [2.05, 4.69) is 169 Å². The summed E-state index contributed by atoms with van der Waals surface area (Å²) in [6.07, 6.45) is 0. The van der Waals surface area contributed by atoms with Crippen molar-refractivity contribution in [3.05, 3.63) is 164 Å². The fraction of sp³-hybridized carbons (Fsp3) is 0. The molecule has 0 radical (unpaired) electrons. The molecule has 1 aromatic heterocycles. The summed E-state index contributed by atoms with van der Waals surface area (Å²) in [6, 6.07) is 59.2. The predicted molar refractivity (Wildman–Crippen MR) is 182 cm³/mol. The summed E-state index contributed by atoms with van der Waals surface area (Å²) in [7, 11) is 0. The van der Waals surface area contributed by atoms with Gasteiger partial charge in [-0.05, 0) is 87.6 Å². The van der Waals surface area contributed by atoms with Crippen LogP contribution in [-0.2, 0) is 0 Å². The van der Waals surface area contributed by atoms with Gasteiger partial charge in [0, 0.05) is 37.2 Å². The lowest BCUT2D eigenvalue weighted by atomic mass is 10.0. The molecule has 0 unspecified atom stereocenters. The molecule has 7 aromatic carbocycles. The van der Waals surface area contributed by atoms with E-state index in [0.29, 0.717) is 0 Å². The molecule has 0 fully saturated rings. The smallest absolute Gasteiger partial charge is 0.0468 e. The topological polar surface area (TPSA) is 3.24 Å². The van der Waals surface area contributed by atoms with Crippen LogP contribution in [0.5, 0.6) is 0 Å². The number of anilines is 3. The van der Waals surface area contributed by atoms with E-state index in [1.807, 2.05) is 11.3 Å².